The first-order chi connectivity index (χ1) is 14.0. The molecular formula is C22H20ClFN3O2Y-. The van der Waals surface area contributed by atoms with Gasteiger partial charge in [-0.1, -0.05) is 49.2 Å². The molecule has 5 nitrogen and oxygen atoms in total. The second-order valence-corrected chi connectivity index (χ2v) is 6.55. The standard InChI is InChI=1S/C20H14ClFN3O2.C2H6.Y/c1-23-19(26)18-17(25(20(23)27)15-5-3-2-4-6-15)9-10-24(18)12-13-11-14(22)7-8-16(13)21;1-2;/h2-9,11H,12H2,1H3;1-2H3;/q-1;;. The Bertz CT molecular complexity index is 1280. The number of benzene rings is 2. The molecule has 4 aromatic rings. The Morgan fingerprint density at radius 3 is 2.40 bits per heavy atom. The number of halogens is 2. The SMILES string of the molecule is CC.Cn1c(=O)c2c(c[c-]n2Cc2cc(F)ccc2Cl)n(-c2ccccc2)c1=O.[Y]. The van der Waals surface area contributed by atoms with E-state index in [1.165, 1.54) is 29.8 Å². The summed E-state index contributed by atoms with van der Waals surface area (Å²) in [6, 6.07) is 14.7. The van der Waals surface area contributed by atoms with E-state index < -0.39 is 17.1 Å². The fourth-order valence-corrected chi connectivity index (χ4v) is 3.27. The van der Waals surface area contributed by atoms with Gasteiger partial charge in [0.25, 0.3) is 0 Å². The fourth-order valence-electron chi connectivity index (χ4n) is 3.09. The Hall–Kier alpha value is -2.02. The van der Waals surface area contributed by atoms with E-state index >= 15 is 0 Å². The van der Waals surface area contributed by atoms with Gasteiger partial charge in [0.1, 0.15) is 5.82 Å². The van der Waals surface area contributed by atoms with Gasteiger partial charge in [0.15, 0.2) is 0 Å². The minimum atomic E-state index is -0.450. The summed E-state index contributed by atoms with van der Waals surface area (Å²) < 4.78 is 17.6. The van der Waals surface area contributed by atoms with Crippen LogP contribution in [0.4, 0.5) is 4.39 Å². The second kappa shape index (κ2) is 10.3. The monoisotopic (exact) mass is 501 g/mol. The van der Waals surface area contributed by atoms with Crippen molar-refractivity contribution < 1.29 is 37.1 Å². The minimum Gasteiger partial charge on any atom is -0.455 e. The first-order valence-electron chi connectivity index (χ1n) is 9.19. The van der Waals surface area contributed by atoms with Crippen LogP contribution in [0.15, 0.2) is 64.2 Å². The zero-order valence-electron chi connectivity index (χ0n) is 16.9. The van der Waals surface area contributed by atoms with Gasteiger partial charge in [0.05, 0.1) is 0 Å². The van der Waals surface area contributed by atoms with Crippen molar-refractivity contribution in [2.24, 2.45) is 7.05 Å². The molecule has 2 aromatic heterocycles. The van der Waals surface area contributed by atoms with Crippen LogP contribution < -0.4 is 11.2 Å². The van der Waals surface area contributed by atoms with Crippen molar-refractivity contribution >= 4 is 22.6 Å². The van der Waals surface area contributed by atoms with Crippen LogP contribution in [-0.4, -0.2) is 13.7 Å². The van der Waals surface area contributed by atoms with Gasteiger partial charge in [-0.25, -0.2) is 9.18 Å². The molecule has 0 saturated heterocycles. The molecule has 0 aliphatic rings. The van der Waals surface area contributed by atoms with E-state index in [2.05, 4.69) is 6.20 Å². The van der Waals surface area contributed by atoms with Crippen molar-refractivity contribution in [3.63, 3.8) is 0 Å². The Balaban J connectivity index is 0.00000104. The van der Waals surface area contributed by atoms with Crippen molar-refractivity contribution in [2.75, 3.05) is 0 Å². The summed E-state index contributed by atoms with van der Waals surface area (Å²) in [5.74, 6) is -0.417. The molecule has 0 saturated carbocycles. The van der Waals surface area contributed by atoms with Gasteiger partial charge in [-0.3, -0.25) is 9.36 Å². The van der Waals surface area contributed by atoms with Crippen LogP contribution in [0.5, 0.6) is 0 Å². The summed E-state index contributed by atoms with van der Waals surface area (Å²) in [5.41, 5.74) is 0.982. The molecule has 0 amide bonds. The number of para-hydroxylation sites is 1. The molecule has 30 heavy (non-hydrogen) atoms. The molecule has 0 aliphatic heterocycles. The molecule has 153 valence electrons. The maximum Gasteiger partial charge on any atom is 0.322 e. The van der Waals surface area contributed by atoms with Gasteiger partial charge in [0.2, 0.25) is 5.56 Å². The minimum absolute atomic E-state index is 0. The molecule has 0 spiro atoms. The smallest absolute Gasteiger partial charge is 0.322 e. The Morgan fingerprint density at radius 2 is 1.73 bits per heavy atom. The van der Waals surface area contributed by atoms with Crippen LogP contribution in [0.3, 0.4) is 0 Å². The zero-order chi connectivity index (χ0) is 21.1. The number of aromatic nitrogens is 3. The number of fused-ring (bicyclic) bond motifs is 1. The third-order valence-corrected chi connectivity index (χ3v) is 4.82. The van der Waals surface area contributed by atoms with Crippen molar-refractivity contribution in [2.45, 2.75) is 20.4 Å². The first-order valence-corrected chi connectivity index (χ1v) is 9.57. The van der Waals surface area contributed by atoms with E-state index in [4.69, 9.17) is 11.6 Å². The van der Waals surface area contributed by atoms with E-state index in [-0.39, 0.29) is 39.3 Å². The van der Waals surface area contributed by atoms with Gasteiger partial charge < -0.3 is 9.13 Å². The van der Waals surface area contributed by atoms with Crippen LogP contribution in [0.25, 0.3) is 16.7 Å². The maximum atomic E-state index is 13.6. The molecular weight excluding hydrogens is 482 g/mol. The molecule has 0 fully saturated rings. The largest absolute Gasteiger partial charge is 0.455 e. The number of hydrogen-bond acceptors (Lipinski definition) is 2. The fraction of sp³-hybridized carbons (Fsp3) is 0.182. The summed E-state index contributed by atoms with van der Waals surface area (Å²) in [5, 5.41) is 0.389. The van der Waals surface area contributed by atoms with Gasteiger partial charge in [-0.15, -0.1) is 12.3 Å². The molecule has 0 bridgehead atoms. The van der Waals surface area contributed by atoms with Gasteiger partial charge >= 0.3 is 5.69 Å². The van der Waals surface area contributed by atoms with Gasteiger partial charge in [-0.05, 0) is 41.4 Å². The quantitative estimate of drug-likeness (QED) is 0.396. The van der Waals surface area contributed by atoms with Crippen LogP contribution in [-0.2, 0) is 46.3 Å². The normalized spacial score (nSPS) is 10.3. The number of rotatable bonds is 3. The summed E-state index contributed by atoms with van der Waals surface area (Å²) >= 11 is 6.16. The molecule has 2 aromatic carbocycles. The number of hydrogen-bond donors (Lipinski definition) is 0. The Labute approximate surface area is 203 Å². The molecule has 0 unspecified atom stereocenters. The number of nitrogens with zero attached hydrogens (tertiary/aromatic N) is 3. The first kappa shape index (κ1) is 24.3. The van der Waals surface area contributed by atoms with Gasteiger partial charge in [-0.2, -0.15) is 0 Å². The average Bonchev–Trinajstić information content (AvgIpc) is 3.15. The molecule has 4 rings (SSSR count). The van der Waals surface area contributed by atoms with Crippen molar-refractivity contribution in [3.8, 4) is 5.69 Å². The van der Waals surface area contributed by atoms with Crippen molar-refractivity contribution in [3.05, 3.63) is 98.0 Å². The summed E-state index contributed by atoms with van der Waals surface area (Å²) in [7, 11) is 1.43. The zero-order valence-corrected chi connectivity index (χ0v) is 20.5. The van der Waals surface area contributed by atoms with Crippen LogP contribution in [0.1, 0.15) is 19.4 Å². The van der Waals surface area contributed by atoms with E-state index in [0.717, 1.165) is 4.57 Å². The van der Waals surface area contributed by atoms with E-state index in [0.29, 0.717) is 27.3 Å². The van der Waals surface area contributed by atoms with E-state index in [1.807, 2.05) is 32.0 Å². The summed E-state index contributed by atoms with van der Waals surface area (Å²) in [6.07, 6.45) is 2.98. The predicted octanol–water partition coefficient (Wildman–Crippen LogP) is 4.16. The third-order valence-electron chi connectivity index (χ3n) is 4.45. The van der Waals surface area contributed by atoms with Crippen molar-refractivity contribution in [1.29, 1.82) is 0 Å². The molecule has 0 N–H and O–H groups in total. The third kappa shape index (κ3) is 4.51. The summed E-state index contributed by atoms with van der Waals surface area (Å²) in [6.45, 7) is 4.16. The topological polar surface area (TPSA) is 48.9 Å². The second-order valence-electron chi connectivity index (χ2n) is 6.15. The van der Waals surface area contributed by atoms with Crippen molar-refractivity contribution in [1.82, 2.24) is 13.7 Å². The molecule has 0 aliphatic carbocycles. The van der Waals surface area contributed by atoms with Gasteiger partial charge in [0, 0.05) is 57.0 Å². The molecule has 2 heterocycles. The summed E-state index contributed by atoms with van der Waals surface area (Å²) in [4.78, 5) is 25.5. The van der Waals surface area contributed by atoms with E-state index in [1.54, 1.807) is 22.8 Å². The molecule has 1 radical (unpaired) electrons. The van der Waals surface area contributed by atoms with Crippen LogP contribution >= 0.6 is 11.6 Å². The van der Waals surface area contributed by atoms with Crippen LogP contribution in [0.2, 0.25) is 5.02 Å². The molecule has 0 atom stereocenters. The Kier molecular flexibility index (Phi) is 8.36. The maximum absolute atomic E-state index is 13.6. The van der Waals surface area contributed by atoms with E-state index in [9.17, 15) is 14.0 Å². The van der Waals surface area contributed by atoms with Crippen LogP contribution in [0, 0.1) is 12.0 Å². The predicted molar refractivity (Wildman–Crippen MR) is 113 cm³/mol. The molecule has 8 heteroatoms. The Morgan fingerprint density at radius 1 is 1.07 bits per heavy atom. The average molecular weight is 502 g/mol.